The van der Waals surface area contributed by atoms with Crippen LogP contribution < -0.4 is 4.74 Å². The van der Waals surface area contributed by atoms with E-state index in [1.165, 1.54) is 11.1 Å². The third-order valence-electron chi connectivity index (χ3n) is 3.98. The maximum Gasteiger partial charge on any atom is 0.260 e. The van der Waals surface area contributed by atoms with Crippen LogP contribution in [0.15, 0.2) is 48.5 Å². The molecule has 2 rings (SSSR count). The highest BCUT2D eigenvalue weighted by Gasteiger charge is 2.11. The van der Waals surface area contributed by atoms with Crippen LogP contribution in [0.25, 0.3) is 0 Å². The number of hydrogen-bond acceptors (Lipinski definition) is 2. The summed E-state index contributed by atoms with van der Waals surface area (Å²) >= 11 is 0. The molecule has 23 heavy (non-hydrogen) atoms. The number of amides is 1. The minimum atomic E-state index is -0.0248. The van der Waals surface area contributed by atoms with E-state index in [9.17, 15) is 4.79 Å². The lowest BCUT2D eigenvalue weighted by Gasteiger charge is -2.19. The molecule has 0 saturated carbocycles. The van der Waals surface area contributed by atoms with E-state index in [0.717, 1.165) is 11.3 Å². The lowest BCUT2D eigenvalue weighted by Crippen LogP contribution is -2.31. The van der Waals surface area contributed by atoms with Gasteiger partial charge in [-0.15, -0.1) is 0 Å². The number of carbonyl (C=O) groups excluding carboxylic acids is 1. The summed E-state index contributed by atoms with van der Waals surface area (Å²) in [6, 6.07) is 16.0. The predicted molar refractivity (Wildman–Crippen MR) is 93.7 cm³/mol. The fourth-order valence-electron chi connectivity index (χ4n) is 2.35. The smallest absolute Gasteiger partial charge is 0.260 e. The van der Waals surface area contributed by atoms with Crippen molar-refractivity contribution in [2.24, 2.45) is 0 Å². The highest BCUT2D eigenvalue weighted by molar-refractivity contribution is 5.77. The van der Waals surface area contributed by atoms with Crippen molar-refractivity contribution in [3.8, 4) is 5.75 Å². The van der Waals surface area contributed by atoms with Crippen LogP contribution in [0.1, 0.15) is 36.5 Å². The van der Waals surface area contributed by atoms with E-state index < -0.39 is 0 Å². The molecule has 0 aliphatic carbocycles. The number of benzene rings is 2. The third kappa shape index (κ3) is 4.85. The first-order valence-electron chi connectivity index (χ1n) is 7.98. The Balaban J connectivity index is 1.91. The van der Waals surface area contributed by atoms with Gasteiger partial charge < -0.3 is 9.64 Å². The van der Waals surface area contributed by atoms with Crippen LogP contribution >= 0.6 is 0 Å². The molecule has 2 aromatic rings. The van der Waals surface area contributed by atoms with Crippen molar-refractivity contribution in [1.29, 1.82) is 0 Å². The number of ether oxygens (including phenoxy) is 1. The molecule has 0 aromatic heterocycles. The van der Waals surface area contributed by atoms with Gasteiger partial charge in [0.2, 0.25) is 0 Å². The molecule has 3 heteroatoms. The molecule has 0 spiro atoms. The summed E-state index contributed by atoms with van der Waals surface area (Å²) in [4.78, 5) is 14.0. The van der Waals surface area contributed by atoms with Gasteiger partial charge in [0.25, 0.3) is 5.91 Å². The van der Waals surface area contributed by atoms with Crippen molar-refractivity contribution >= 4 is 5.91 Å². The molecule has 0 aliphatic heterocycles. The quantitative estimate of drug-likeness (QED) is 0.802. The Labute approximate surface area is 138 Å². The van der Waals surface area contributed by atoms with Crippen LogP contribution in [0.5, 0.6) is 5.75 Å². The minimum Gasteiger partial charge on any atom is -0.484 e. The molecule has 0 unspecified atom stereocenters. The lowest BCUT2D eigenvalue weighted by atomic mass is 10.0. The normalized spacial score (nSPS) is 10.7. The number of carbonyl (C=O) groups is 1. The molecule has 122 valence electrons. The molecule has 0 atom stereocenters. The number of likely N-dealkylation sites (N-methyl/N-ethyl adjacent to an activating group) is 1. The molecule has 0 N–H and O–H groups in total. The Bertz CT molecular complexity index is 664. The first kappa shape index (κ1) is 17.1. The zero-order valence-corrected chi connectivity index (χ0v) is 14.4. The molecule has 0 heterocycles. The number of nitrogens with zero attached hydrogens (tertiary/aromatic N) is 1. The van der Waals surface area contributed by atoms with Gasteiger partial charge in [0.1, 0.15) is 5.75 Å². The first-order chi connectivity index (χ1) is 11.0. The van der Waals surface area contributed by atoms with Gasteiger partial charge in [0, 0.05) is 13.6 Å². The fourth-order valence-corrected chi connectivity index (χ4v) is 2.35. The van der Waals surface area contributed by atoms with Crippen molar-refractivity contribution in [2.45, 2.75) is 33.2 Å². The average molecular weight is 311 g/mol. The Morgan fingerprint density at radius 2 is 1.87 bits per heavy atom. The van der Waals surface area contributed by atoms with Gasteiger partial charge in [0.15, 0.2) is 6.61 Å². The zero-order chi connectivity index (χ0) is 16.8. The molecule has 2 aromatic carbocycles. The SMILES string of the molecule is Cc1ccccc1CN(C)C(=O)COc1cccc(C(C)C)c1. The molecular formula is C20H25NO2. The van der Waals surface area contributed by atoms with E-state index >= 15 is 0 Å². The van der Waals surface area contributed by atoms with Gasteiger partial charge in [-0.2, -0.15) is 0 Å². The first-order valence-corrected chi connectivity index (χ1v) is 7.98. The second-order valence-corrected chi connectivity index (χ2v) is 6.19. The third-order valence-corrected chi connectivity index (χ3v) is 3.98. The van der Waals surface area contributed by atoms with Crippen LogP contribution in [-0.2, 0) is 11.3 Å². The van der Waals surface area contributed by atoms with Crippen LogP contribution in [0.2, 0.25) is 0 Å². The van der Waals surface area contributed by atoms with Crippen LogP contribution in [-0.4, -0.2) is 24.5 Å². The van der Waals surface area contributed by atoms with E-state index in [4.69, 9.17) is 4.74 Å². The van der Waals surface area contributed by atoms with Gasteiger partial charge >= 0.3 is 0 Å². The lowest BCUT2D eigenvalue weighted by molar-refractivity contribution is -0.132. The maximum atomic E-state index is 12.3. The summed E-state index contributed by atoms with van der Waals surface area (Å²) in [5.41, 5.74) is 3.56. The van der Waals surface area contributed by atoms with Crippen molar-refractivity contribution < 1.29 is 9.53 Å². The topological polar surface area (TPSA) is 29.5 Å². The van der Waals surface area contributed by atoms with Crippen LogP contribution in [0.3, 0.4) is 0 Å². The molecule has 3 nitrogen and oxygen atoms in total. The molecule has 0 bridgehead atoms. The summed E-state index contributed by atoms with van der Waals surface area (Å²) in [6.45, 7) is 6.99. The summed E-state index contributed by atoms with van der Waals surface area (Å²) in [5.74, 6) is 1.16. The Hall–Kier alpha value is -2.29. The number of aryl methyl sites for hydroxylation is 1. The van der Waals surface area contributed by atoms with E-state index in [2.05, 4.69) is 32.9 Å². The van der Waals surface area contributed by atoms with E-state index in [1.54, 1.807) is 4.90 Å². The van der Waals surface area contributed by atoms with Crippen LogP contribution in [0, 0.1) is 6.92 Å². The Morgan fingerprint density at radius 3 is 2.57 bits per heavy atom. The predicted octanol–water partition coefficient (Wildman–Crippen LogP) is 4.16. The highest BCUT2D eigenvalue weighted by Crippen LogP contribution is 2.20. The van der Waals surface area contributed by atoms with Gasteiger partial charge in [-0.25, -0.2) is 0 Å². The van der Waals surface area contributed by atoms with Crippen LogP contribution in [0.4, 0.5) is 0 Å². The minimum absolute atomic E-state index is 0.0248. The highest BCUT2D eigenvalue weighted by atomic mass is 16.5. The zero-order valence-electron chi connectivity index (χ0n) is 14.4. The summed E-state index contributed by atoms with van der Waals surface area (Å²) < 4.78 is 5.66. The van der Waals surface area contributed by atoms with Gasteiger partial charge in [0.05, 0.1) is 0 Å². The molecule has 1 amide bonds. The second-order valence-electron chi connectivity index (χ2n) is 6.19. The molecule has 0 aliphatic rings. The Kier molecular flexibility index (Phi) is 5.80. The van der Waals surface area contributed by atoms with Crippen molar-refractivity contribution in [3.05, 3.63) is 65.2 Å². The van der Waals surface area contributed by atoms with Crippen molar-refractivity contribution in [2.75, 3.05) is 13.7 Å². The summed E-state index contributed by atoms with van der Waals surface area (Å²) in [7, 11) is 1.81. The fraction of sp³-hybridized carbons (Fsp3) is 0.350. The van der Waals surface area contributed by atoms with Gasteiger partial charge in [-0.05, 0) is 41.7 Å². The number of rotatable bonds is 6. The average Bonchev–Trinajstić information content (AvgIpc) is 2.55. The van der Waals surface area contributed by atoms with Crippen molar-refractivity contribution in [3.63, 3.8) is 0 Å². The van der Waals surface area contributed by atoms with Gasteiger partial charge in [-0.3, -0.25) is 4.79 Å². The summed E-state index contributed by atoms with van der Waals surface area (Å²) in [6.07, 6.45) is 0. The monoisotopic (exact) mass is 311 g/mol. The Morgan fingerprint density at radius 1 is 1.13 bits per heavy atom. The molecule has 0 saturated heterocycles. The standard InChI is InChI=1S/C20H25NO2/c1-15(2)17-10-7-11-19(12-17)23-14-20(22)21(4)13-18-9-6-5-8-16(18)3/h5-12,15H,13-14H2,1-4H3. The number of hydrogen-bond donors (Lipinski definition) is 0. The molecule has 0 radical (unpaired) electrons. The maximum absolute atomic E-state index is 12.3. The molecular weight excluding hydrogens is 286 g/mol. The molecule has 0 fully saturated rings. The second kappa shape index (κ2) is 7.82. The van der Waals surface area contributed by atoms with E-state index in [1.807, 2.05) is 43.4 Å². The van der Waals surface area contributed by atoms with Crippen molar-refractivity contribution in [1.82, 2.24) is 4.90 Å². The van der Waals surface area contributed by atoms with Gasteiger partial charge in [-0.1, -0.05) is 50.2 Å². The van der Waals surface area contributed by atoms with E-state index in [0.29, 0.717) is 12.5 Å². The van der Waals surface area contributed by atoms with E-state index in [-0.39, 0.29) is 12.5 Å². The largest absolute Gasteiger partial charge is 0.484 e. The summed E-state index contributed by atoms with van der Waals surface area (Å²) in [5, 5.41) is 0.